The third-order valence-corrected chi connectivity index (χ3v) is 3.15. The number of nitro benzene ring substituents is 1. The van der Waals surface area contributed by atoms with Crippen molar-refractivity contribution in [1.82, 2.24) is 0 Å². The molecule has 0 aromatic heterocycles. The van der Waals surface area contributed by atoms with Crippen molar-refractivity contribution in [3.05, 3.63) is 63.7 Å². The Morgan fingerprint density at radius 3 is 2.50 bits per heavy atom. The molecule has 0 amide bonds. The first-order valence-electron chi connectivity index (χ1n) is 5.89. The zero-order valence-corrected chi connectivity index (χ0v) is 11.6. The van der Waals surface area contributed by atoms with E-state index in [2.05, 4.69) is 5.32 Å². The van der Waals surface area contributed by atoms with Crippen LogP contribution in [-0.4, -0.2) is 9.91 Å². The smallest absolute Gasteiger partial charge is 0.271 e. The van der Waals surface area contributed by atoms with Crippen molar-refractivity contribution in [3.63, 3.8) is 0 Å². The summed E-state index contributed by atoms with van der Waals surface area (Å²) in [6.45, 7) is 1.98. The van der Waals surface area contributed by atoms with E-state index in [-0.39, 0.29) is 5.69 Å². The first kappa shape index (κ1) is 14.0. The number of nitro groups is 1. The number of aryl methyl sites for hydroxylation is 1. The molecule has 3 N–H and O–H groups in total. The molecule has 0 spiro atoms. The maximum absolute atomic E-state index is 10.8. The molecule has 0 saturated carbocycles. The van der Waals surface area contributed by atoms with Crippen molar-refractivity contribution in [2.24, 2.45) is 0 Å². The fraction of sp³-hybridized carbons (Fsp3) is 0.0714. The summed E-state index contributed by atoms with van der Waals surface area (Å²) in [6.07, 6.45) is 0. The number of nitrogens with two attached hydrogens (primary N) is 1. The molecular formula is C14H13N3O2S. The average Bonchev–Trinajstić information content (AvgIpc) is 2.41. The van der Waals surface area contributed by atoms with E-state index < -0.39 is 4.92 Å². The van der Waals surface area contributed by atoms with Gasteiger partial charge in [0.2, 0.25) is 0 Å². The molecule has 6 heteroatoms. The van der Waals surface area contributed by atoms with Gasteiger partial charge in [0.25, 0.3) is 5.69 Å². The lowest BCUT2D eigenvalue weighted by atomic mass is 10.1. The molecule has 0 fully saturated rings. The number of anilines is 2. The number of non-ortho nitro benzene ring substituents is 1. The lowest BCUT2D eigenvalue weighted by Crippen LogP contribution is -2.12. The van der Waals surface area contributed by atoms with Gasteiger partial charge in [-0.05, 0) is 13.0 Å². The average molecular weight is 287 g/mol. The quantitative estimate of drug-likeness (QED) is 0.392. The van der Waals surface area contributed by atoms with Crippen LogP contribution in [0.2, 0.25) is 0 Å². The Morgan fingerprint density at radius 1 is 1.25 bits per heavy atom. The SMILES string of the molecule is Cc1ccc(C(=S)Nc2cc([N+](=O)[O-])ccc2N)cc1. The summed E-state index contributed by atoms with van der Waals surface area (Å²) < 4.78 is 0. The van der Waals surface area contributed by atoms with Crippen molar-refractivity contribution in [3.8, 4) is 0 Å². The van der Waals surface area contributed by atoms with Gasteiger partial charge < -0.3 is 11.1 Å². The number of hydrogen-bond donors (Lipinski definition) is 2. The highest BCUT2D eigenvalue weighted by Crippen LogP contribution is 2.25. The Bertz CT molecular complexity index is 669. The normalized spacial score (nSPS) is 10.1. The zero-order valence-electron chi connectivity index (χ0n) is 10.8. The van der Waals surface area contributed by atoms with Crippen LogP contribution >= 0.6 is 12.2 Å². The minimum atomic E-state index is -0.473. The lowest BCUT2D eigenvalue weighted by molar-refractivity contribution is -0.384. The van der Waals surface area contributed by atoms with Crippen LogP contribution in [0.3, 0.4) is 0 Å². The molecule has 2 rings (SSSR count). The van der Waals surface area contributed by atoms with E-state index in [0.717, 1.165) is 11.1 Å². The fourth-order valence-electron chi connectivity index (χ4n) is 1.67. The summed E-state index contributed by atoms with van der Waals surface area (Å²) in [6, 6.07) is 11.9. The maximum atomic E-state index is 10.8. The lowest BCUT2D eigenvalue weighted by Gasteiger charge is -2.10. The molecule has 0 aliphatic heterocycles. The number of nitrogens with zero attached hydrogens (tertiary/aromatic N) is 1. The van der Waals surface area contributed by atoms with Crippen LogP contribution < -0.4 is 11.1 Å². The second kappa shape index (κ2) is 5.66. The summed E-state index contributed by atoms with van der Waals surface area (Å²) in [7, 11) is 0. The molecule has 0 aliphatic rings. The Kier molecular flexibility index (Phi) is 3.95. The van der Waals surface area contributed by atoms with Crippen LogP contribution in [0.25, 0.3) is 0 Å². The molecular weight excluding hydrogens is 274 g/mol. The van der Waals surface area contributed by atoms with Gasteiger partial charge in [-0.3, -0.25) is 10.1 Å². The van der Waals surface area contributed by atoms with Gasteiger partial charge in [0.05, 0.1) is 16.3 Å². The third-order valence-electron chi connectivity index (χ3n) is 2.81. The van der Waals surface area contributed by atoms with E-state index in [1.807, 2.05) is 31.2 Å². The number of benzene rings is 2. The van der Waals surface area contributed by atoms with Gasteiger partial charge in [-0.25, -0.2) is 0 Å². The Labute approximate surface area is 121 Å². The van der Waals surface area contributed by atoms with E-state index >= 15 is 0 Å². The van der Waals surface area contributed by atoms with Crippen LogP contribution in [-0.2, 0) is 0 Å². The van der Waals surface area contributed by atoms with Crippen LogP contribution in [0, 0.1) is 17.0 Å². The van der Waals surface area contributed by atoms with Gasteiger partial charge in [0.15, 0.2) is 0 Å². The number of nitrogen functional groups attached to an aromatic ring is 1. The van der Waals surface area contributed by atoms with Gasteiger partial charge in [0.1, 0.15) is 4.99 Å². The fourth-order valence-corrected chi connectivity index (χ4v) is 1.91. The van der Waals surface area contributed by atoms with Crippen molar-refractivity contribution in [2.45, 2.75) is 6.92 Å². The summed E-state index contributed by atoms with van der Waals surface area (Å²) in [5.74, 6) is 0. The highest BCUT2D eigenvalue weighted by molar-refractivity contribution is 7.81. The van der Waals surface area contributed by atoms with E-state index in [0.29, 0.717) is 16.4 Å². The molecule has 0 unspecified atom stereocenters. The predicted octanol–water partition coefficient (Wildman–Crippen LogP) is 3.27. The minimum Gasteiger partial charge on any atom is -0.397 e. The highest BCUT2D eigenvalue weighted by atomic mass is 32.1. The van der Waals surface area contributed by atoms with Crippen LogP contribution in [0.5, 0.6) is 0 Å². The maximum Gasteiger partial charge on any atom is 0.271 e. The van der Waals surface area contributed by atoms with E-state index in [9.17, 15) is 10.1 Å². The van der Waals surface area contributed by atoms with Crippen molar-refractivity contribution < 1.29 is 4.92 Å². The van der Waals surface area contributed by atoms with Crippen LogP contribution in [0.15, 0.2) is 42.5 Å². The third kappa shape index (κ3) is 3.10. The molecule has 20 heavy (non-hydrogen) atoms. The van der Waals surface area contributed by atoms with Crippen LogP contribution in [0.1, 0.15) is 11.1 Å². The second-order valence-corrected chi connectivity index (χ2v) is 4.76. The number of rotatable bonds is 3. The molecule has 102 valence electrons. The summed E-state index contributed by atoms with van der Waals surface area (Å²) in [4.78, 5) is 10.8. The van der Waals surface area contributed by atoms with Gasteiger partial charge in [-0.2, -0.15) is 0 Å². The molecule has 0 bridgehead atoms. The predicted molar refractivity (Wildman–Crippen MR) is 84.0 cm³/mol. The van der Waals surface area contributed by atoms with Crippen molar-refractivity contribution in [1.29, 1.82) is 0 Å². The van der Waals surface area contributed by atoms with Crippen molar-refractivity contribution in [2.75, 3.05) is 11.1 Å². The van der Waals surface area contributed by atoms with Crippen molar-refractivity contribution >= 4 is 34.3 Å². The topological polar surface area (TPSA) is 81.2 Å². The molecule has 2 aromatic rings. The largest absolute Gasteiger partial charge is 0.397 e. The number of nitrogens with one attached hydrogen (secondary N) is 1. The van der Waals surface area contributed by atoms with Gasteiger partial charge >= 0.3 is 0 Å². The van der Waals surface area contributed by atoms with Gasteiger partial charge in [-0.1, -0.05) is 42.0 Å². The first-order chi connectivity index (χ1) is 9.47. The Balaban J connectivity index is 2.25. The molecule has 0 saturated heterocycles. The molecule has 2 aromatic carbocycles. The zero-order chi connectivity index (χ0) is 14.7. The highest BCUT2D eigenvalue weighted by Gasteiger charge is 2.10. The Morgan fingerprint density at radius 2 is 1.90 bits per heavy atom. The standard InChI is InChI=1S/C14H13N3O2S/c1-9-2-4-10(5-3-9)14(20)16-13-8-11(17(18)19)6-7-12(13)15/h2-8H,15H2,1H3,(H,16,20). The number of hydrogen-bond acceptors (Lipinski definition) is 4. The molecule has 5 nitrogen and oxygen atoms in total. The molecule has 0 aliphatic carbocycles. The minimum absolute atomic E-state index is 0.0339. The summed E-state index contributed by atoms with van der Waals surface area (Å²) in [5.41, 5.74) is 8.56. The van der Waals surface area contributed by atoms with E-state index in [4.69, 9.17) is 18.0 Å². The van der Waals surface area contributed by atoms with E-state index in [1.54, 1.807) is 0 Å². The van der Waals surface area contributed by atoms with E-state index in [1.165, 1.54) is 18.2 Å². The summed E-state index contributed by atoms with van der Waals surface area (Å²) in [5, 5.41) is 13.7. The summed E-state index contributed by atoms with van der Waals surface area (Å²) >= 11 is 5.28. The monoisotopic (exact) mass is 287 g/mol. The molecule has 0 heterocycles. The Hall–Kier alpha value is -2.47. The molecule has 0 atom stereocenters. The van der Waals surface area contributed by atoms with Gasteiger partial charge in [-0.15, -0.1) is 0 Å². The molecule has 0 radical (unpaired) electrons. The van der Waals surface area contributed by atoms with Crippen LogP contribution in [0.4, 0.5) is 17.1 Å². The second-order valence-electron chi connectivity index (χ2n) is 4.35. The van der Waals surface area contributed by atoms with Gasteiger partial charge in [0, 0.05) is 17.7 Å². The number of thiocarbonyl (C=S) groups is 1. The first-order valence-corrected chi connectivity index (χ1v) is 6.30.